The standard InChI is InChI=1S/C13H24O2/c1-4-10-7-6-8-11(9-10)12(14)13(3,15)5-2/h10-11,15H,4-9H2,1-3H3. The van der Waals surface area contributed by atoms with Crippen LogP contribution in [0.3, 0.4) is 0 Å². The first kappa shape index (κ1) is 12.7. The Kier molecular flexibility index (Phi) is 4.32. The summed E-state index contributed by atoms with van der Waals surface area (Å²) >= 11 is 0. The molecule has 0 spiro atoms. The summed E-state index contributed by atoms with van der Waals surface area (Å²) in [6, 6.07) is 0. The lowest BCUT2D eigenvalue weighted by Gasteiger charge is -2.32. The van der Waals surface area contributed by atoms with Crippen LogP contribution in [0.5, 0.6) is 0 Å². The van der Waals surface area contributed by atoms with Gasteiger partial charge >= 0.3 is 0 Å². The van der Waals surface area contributed by atoms with Gasteiger partial charge in [0.15, 0.2) is 5.78 Å². The van der Waals surface area contributed by atoms with E-state index in [0.29, 0.717) is 12.3 Å². The molecule has 1 fully saturated rings. The highest BCUT2D eigenvalue weighted by atomic mass is 16.3. The van der Waals surface area contributed by atoms with E-state index in [0.717, 1.165) is 25.7 Å². The summed E-state index contributed by atoms with van der Waals surface area (Å²) < 4.78 is 0. The summed E-state index contributed by atoms with van der Waals surface area (Å²) in [6.07, 6.45) is 6.07. The number of aliphatic hydroxyl groups is 1. The molecule has 88 valence electrons. The number of rotatable bonds is 4. The topological polar surface area (TPSA) is 37.3 Å². The maximum atomic E-state index is 12.1. The molecule has 1 aliphatic carbocycles. The lowest BCUT2D eigenvalue weighted by Crippen LogP contribution is -2.40. The molecular weight excluding hydrogens is 188 g/mol. The number of hydrogen-bond donors (Lipinski definition) is 1. The SMILES string of the molecule is CCC1CCCC(C(=O)C(C)(O)CC)C1. The lowest BCUT2D eigenvalue weighted by atomic mass is 9.74. The molecule has 0 aromatic heterocycles. The van der Waals surface area contributed by atoms with Crippen molar-refractivity contribution in [3.8, 4) is 0 Å². The van der Waals surface area contributed by atoms with E-state index in [1.165, 1.54) is 6.42 Å². The van der Waals surface area contributed by atoms with Gasteiger partial charge in [-0.3, -0.25) is 4.79 Å². The van der Waals surface area contributed by atoms with Gasteiger partial charge in [0.1, 0.15) is 5.60 Å². The van der Waals surface area contributed by atoms with Crippen molar-refractivity contribution < 1.29 is 9.90 Å². The molecule has 3 atom stereocenters. The van der Waals surface area contributed by atoms with Crippen LogP contribution in [0.1, 0.15) is 59.3 Å². The predicted molar refractivity (Wildman–Crippen MR) is 61.7 cm³/mol. The van der Waals surface area contributed by atoms with Gasteiger partial charge in [-0.1, -0.05) is 33.1 Å². The average Bonchev–Trinajstić information content (AvgIpc) is 2.28. The third-order valence-corrected chi connectivity index (χ3v) is 3.95. The summed E-state index contributed by atoms with van der Waals surface area (Å²) in [7, 11) is 0. The second-order valence-electron chi connectivity index (χ2n) is 5.13. The largest absolute Gasteiger partial charge is 0.382 e. The first-order valence-corrected chi connectivity index (χ1v) is 6.28. The Balaban J connectivity index is 2.60. The molecule has 0 amide bonds. The quantitative estimate of drug-likeness (QED) is 0.778. The monoisotopic (exact) mass is 212 g/mol. The summed E-state index contributed by atoms with van der Waals surface area (Å²) in [5.74, 6) is 0.877. The van der Waals surface area contributed by atoms with Gasteiger partial charge in [0.25, 0.3) is 0 Å². The Morgan fingerprint density at radius 1 is 1.40 bits per heavy atom. The molecule has 0 aromatic rings. The van der Waals surface area contributed by atoms with Crippen molar-refractivity contribution in [3.63, 3.8) is 0 Å². The smallest absolute Gasteiger partial charge is 0.167 e. The van der Waals surface area contributed by atoms with E-state index in [1.807, 2.05) is 6.92 Å². The zero-order chi connectivity index (χ0) is 11.5. The summed E-state index contributed by atoms with van der Waals surface area (Å²) in [5.41, 5.74) is -1.10. The van der Waals surface area contributed by atoms with Crippen LogP contribution in [0.15, 0.2) is 0 Å². The van der Waals surface area contributed by atoms with E-state index in [-0.39, 0.29) is 11.7 Å². The predicted octanol–water partition coefficient (Wildman–Crippen LogP) is 2.93. The second-order valence-corrected chi connectivity index (χ2v) is 5.13. The van der Waals surface area contributed by atoms with Crippen LogP contribution < -0.4 is 0 Å². The van der Waals surface area contributed by atoms with Crippen molar-refractivity contribution in [1.29, 1.82) is 0 Å². The van der Waals surface area contributed by atoms with Crippen LogP contribution in [-0.2, 0) is 4.79 Å². The van der Waals surface area contributed by atoms with Crippen LogP contribution in [0.25, 0.3) is 0 Å². The lowest BCUT2D eigenvalue weighted by molar-refractivity contribution is -0.141. The molecule has 0 heterocycles. The molecule has 0 aromatic carbocycles. The van der Waals surface area contributed by atoms with Crippen molar-refractivity contribution >= 4 is 5.78 Å². The maximum Gasteiger partial charge on any atom is 0.167 e. The number of hydrogen-bond acceptors (Lipinski definition) is 2. The Bertz CT molecular complexity index is 221. The Hall–Kier alpha value is -0.370. The fourth-order valence-electron chi connectivity index (χ4n) is 2.51. The molecular formula is C13H24O2. The molecule has 0 aliphatic heterocycles. The summed E-state index contributed by atoms with van der Waals surface area (Å²) in [4.78, 5) is 12.1. The molecule has 1 saturated carbocycles. The van der Waals surface area contributed by atoms with Gasteiger partial charge in [0.05, 0.1) is 0 Å². The van der Waals surface area contributed by atoms with E-state index in [4.69, 9.17) is 0 Å². The summed E-state index contributed by atoms with van der Waals surface area (Å²) in [5, 5.41) is 9.95. The molecule has 0 bridgehead atoms. The molecule has 3 unspecified atom stereocenters. The highest BCUT2D eigenvalue weighted by molar-refractivity contribution is 5.88. The zero-order valence-corrected chi connectivity index (χ0v) is 10.3. The first-order valence-electron chi connectivity index (χ1n) is 6.28. The van der Waals surface area contributed by atoms with Crippen LogP contribution in [0, 0.1) is 11.8 Å². The normalized spacial score (nSPS) is 30.9. The van der Waals surface area contributed by atoms with E-state index >= 15 is 0 Å². The van der Waals surface area contributed by atoms with E-state index in [2.05, 4.69) is 6.92 Å². The molecule has 15 heavy (non-hydrogen) atoms. The Labute approximate surface area is 93.1 Å². The summed E-state index contributed by atoms with van der Waals surface area (Å²) in [6.45, 7) is 5.72. The highest BCUT2D eigenvalue weighted by Gasteiger charge is 2.36. The third kappa shape index (κ3) is 3.04. The number of Topliss-reactive ketones (excluding diaryl/α,β-unsaturated/α-hetero) is 1. The van der Waals surface area contributed by atoms with Gasteiger partial charge in [-0.15, -0.1) is 0 Å². The van der Waals surface area contributed by atoms with Gasteiger partial charge < -0.3 is 5.11 Å². The van der Waals surface area contributed by atoms with Gasteiger partial charge in [-0.05, 0) is 32.1 Å². The number of ketones is 1. The Morgan fingerprint density at radius 3 is 2.60 bits per heavy atom. The molecule has 1 N–H and O–H groups in total. The van der Waals surface area contributed by atoms with Crippen molar-refractivity contribution in [3.05, 3.63) is 0 Å². The van der Waals surface area contributed by atoms with Gasteiger partial charge in [-0.25, -0.2) is 0 Å². The van der Waals surface area contributed by atoms with Crippen LogP contribution in [0.2, 0.25) is 0 Å². The molecule has 0 saturated heterocycles. The van der Waals surface area contributed by atoms with Gasteiger partial charge in [-0.2, -0.15) is 0 Å². The second kappa shape index (κ2) is 5.11. The molecule has 2 heteroatoms. The fraction of sp³-hybridized carbons (Fsp3) is 0.923. The zero-order valence-electron chi connectivity index (χ0n) is 10.3. The molecule has 1 aliphatic rings. The minimum atomic E-state index is -1.10. The van der Waals surface area contributed by atoms with Crippen LogP contribution in [0.4, 0.5) is 0 Å². The number of carbonyl (C=O) groups excluding carboxylic acids is 1. The van der Waals surface area contributed by atoms with Gasteiger partial charge in [0, 0.05) is 5.92 Å². The third-order valence-electron chi connectivity index (χ3n) is 3.95. The fourth-order valence-corrected chi connectivity index (χ4v) is 2.51. The van der Waals surface area contributed by atoms with E-state index in [1.54, 1.807) is 6.92 Å². The molecule has 1 rings (SSSR count). The van der Waals surface area contributed by atoms with E-state index < -0.39 is 5.60 Å². The first-order chi connectivity index (χ1) is 7.01. The minimum absolute atomic E-state index is 0.0724. The van der Waals surface area contributed by atoms with Crippen LogP contribution >= 0.6 is 0 Å². The van der Waals surface area contributed by atoms with Gasteiger partial charge in [0.2, 0.25) is 0 Å². The number of carbonyl (C=O) groups is 1. The van der Waals surface area contributed by atoms with Crippen molar-refractivity contribution in [2.45, 2.75) is 64.9 Å². The van der Waals surface area contributed by atoms with Crippen molar-refractivity contribution in [2.24, 2.45) is 11.8 Å². The van der Waals surface area contributed by atoms with Crippen LogP contribution in [-0.4, -0.2) is 16.5 Å². The van der Waals surface area contributed by atoms with Crippen molar-refractivity contribution in [1.82, 2.24) is 0 Å². The van der Waals surface area contributed by atoms with E-state index in [9.17, 15) is 9.90 Å². The minimum Gasteiger partial charge on any atom is -0.382 e. The van der Waals surface area contributed by atoms with Crippen molar-refractivity contribution in [2.75, 3.05) is 0 Å². The molecule has 0 radical (unpaired) electrons. The molecule has 2 nitrogen and oxygen atoms in total. The average molecular weight is 212 g/mol. The highest BCUT2D eigenvalue weighted by Crippen LogP contribution is 2.34. The maximum absolute atomic E-state index is 12.1. The Morgan fingerprint density at radius 2 is 2.07 bits per heavy atom.